The largest absolute Gasteiger partial charge is 0.411 e. The van der Waals surface area contributed by atoms with Gasteiger partial charge >= 0.3 is 6.18 Å². The van der Waals surface area contributed by atoms with E-state index in [1.165, 1.54) is 0 Å². The van der Waals surface area contributed by atoms with Crippen LogP contribution in [-0.2, 0) is 9.47 Å². The Morgan fingerprint density at radius 3 is 2.65 bits per heavy atom. The van der Waals surface area contributed by atoms with Crippen LogP contribution < -0.4 is 0 Å². The van der Waals surface area contributed by atoms with Gasteiger partial charge in [-0.3, -0.25) is 0 Å². The molecule has 2 unspecified atom stereocenters. The van der Waals surface area contributed by atoms with Gasteiger partial charge in [0, 0.05) is 24.0 Å². The highest BCUT2D eigenvalue weighted by Gasteiger charge is 2.39. The molecule has 0 aromatic rings. The summed E-state index contributed by atoms with van der Waals surface area (Å²) >= 11 is 3.47. The lowest BCUT2D eigenvalue weighted by molar-refractivity contribution is -0.174. The van der Waals surface area contributed by atoms with Crippen LogP contribution in [0.4, 0.5) is 13.2 Å². The second kappa shape index (κ2) is 6.38. The van der Waals surface area contributed by atoms with Crippen molar-refractivity contribution in [3.8, 4) is 0 Å². The fourth-order valence-corrected chi connectivity index (χ4v) is 3.12. The minimum atomic E-state index is -4.23. The summed E-state index contributed by atoms with van der Waals surface area (Å²) in [6.45, 7) is 1.75. The van der Waals surface area contributed by atoms with Crippen LogP contribution in [0.3, 0.4) is 0 Å². The van der Waals surface area contributed by atoms with Gasteiger partial charge in [0.05, 0.1) is 6.10 Å². The van der Waals surface area contributed by atoms with Crippen LogP contribution in [-0.4, -0.2) is 37.4 Å². The Morgan fingerprint density at radius 2 is 2.18 bits per heavy atom. The van der Waals surface area contributed by atoms with Crippen molar-refractivity contribution in [3.05, 3.63) is 0 Å². The van der Waals surface area contributed by atoms with Gasteiger partial charge in [-0.15, -0.1) is 0 Å². The van der Waals surface area contributed by atoms with Gasteiger partial charge in [-0.1, -0.05) is 15.9 Å². The van der Waals surface area contributed by atoms with Gasteiger partial charge in [0.1, 0.15) is 6.61 Å². The zero-order valence-electron chi connectivity index (χ0n) is 9.86. The van der Waals surface area contributed by atoms with Crippen molar-refractivity contribution in [1.82, 2.24) is 0 Å². The predicted octanol–water partition coefficient (Wildman–Crippen LogP) is 3.54. The summed E-state index contributed by atoms with van der Waals surface area (Å²) in [6, 6.07) is 0. The van der Waals surface area contributed by atoms with Crippen molar-refractivity contribution in [3.63, 3.8) is 0 Å². The molecule has 17 heavy (non-hydrogen) atoms. The quantitative estimate of drug-likeness (QED) is 0.551. The maximum Gasteiger partial charge on any atom is 0.411 e. The molecule has 102 valence electrons. The Hall–Kier alpha value is 0.190. The third-order valence-electron chi connectivity index (χ3n) is 3.33. The van der Waals surface area contributed by atoms with Crippen LogP contribution in [0.2, 0.25) is 0 Å². The highest BCUT2D eigenvalue weighted by atomic mass is 79.9. The van der Waals surface area contributed by atoms with Gasteiger partial charge in [-0.25, -0.2) is 0 Å². The Balaban J connectivity index is 2.21. The number of halogens is 4. The van der Waals surface area contributed by atoms with E-state index < -0.39 is 12.8 Å². The molecule has 1 aliphatic heterocycles. The average molecular weight is 319 g/mol. The minimum Gasteiger partial charge on any atom is -0.378 e. The van der Waals surface area contributed by atoms with Crippen LogP contribution >= 0.6 is 15.9 Å². The summed E-state index contributed by atoms with van der Waals surface area (Å²) in [5.41, 5.74) is 0.0571. The van der Waals surface area contributed by atoms with Gasteiger partial charge in [0.15, 0.2) is 0 Å². The van der Waals surface area contributed by atoms with E-state index in [0.717, 1.165) is 24.8 Å². The molecule has 1 fully saturated rings. The summed E-state index contributed by atoms with van der Waals surface area (Å²) in [6.07, 6.45) is -1.65. The van der Waals surface area contributed by atoms with E-state index in [2.05, 4.69) is 20.7 Å². The molecule has 1 rings (SSSR count). The van der Waals surface area contributed by atoms with Crippen molar-refractivity contribution < 1.29 is 22.6 Å². The summed E-state index contributed by atoms with van der Waals surface area (Å²) in [7, 11) is 0. The first-order chi connectivity index (χ1) is 7.90. The van der Waals surface area contributed by atoms with Gasteiger partial charge in [-0.2, -0.15) is 13.2 Å². The van der Waals surface area contributed by atoms with E-state index >= 15 is 0 Å². The highest BCUT2D eigenvalue weighted by Crippen LogP contribution is 2.40. The van der Waals surface area contributed by atoms with Gasteiger partial charge < -0.3 is 9.47 Å². The SMILES string of the molecule is CC1OCCC1(CBr)CCCOCC(F)(F)F. The Kier molecular flexibility index (Phi) is 5.73. The van der Waals surface area contributed by atoms with Crippen LogP contribution in [0, 0.1) is 5.41 Å². The van der Waals surface area contributed by atoms with E-state index in [1.807, 2.05) is 6.92 Å². The standard InChI is InChI=1S/C11H18BrF3O2/c1-9-10(7-12,4-6-17-9)3-2-5-16-8-11(13,14)15/h9H,2-8H2,1H3. The van der Waals surface area contributed by atoms with Crippen LogP contribution in [0.25, 0.3) is 0 Å². The minimum absolute atomic E-state index is 0.0571. The van der Waals surface area contributed by atoms with E-state index in [1.54, 1.807) is 0 Å². The smallest absolute Gasteiger partial charge is 0.378 e. The molecule has 0 amide bonds. The Bertz CT molecular complexity index is 235. The van der Waals surface area contributed by atoms with Crippen molar-refractivity contribution >= 4 is 15.9 Å². The van der Waals surface area contributed by atoms with Crippen molar-refractivity contribution in [1.29, 1.82) is 0 Å². The molecule has 0 aromatic carbocycles. The zero-order chi connectivity index (χ0) is 12.9. The third kappa shape index (κ3) is 4.75. The number of rotatable bonds is 6. The maximum absolute atomic E-state index is 11.8. The first-order valence-electron chi connectivity index (χ1n) is 5.72. The van der Waals surface area contributed by atoms with Gasteiger partial charge in [-0.05, 0) is 26.2 Å². The maximum atomic E-state index is 11.8. The molecule has 2 nitrogen and oxygen atoms in total. The highest BCUT2D eigenvalue weighted by molar-refractivity contribution is 9.09. The zero-order valence-corrected chi connectivity index (χ0v) is 11.4. The summed E-state index contributed by atoms with van der Waals surface area (Å²) < 4.78 is 45.6. The molecule has 6 heteroatoms. The molecule has 0 radical (unpaired) electrons. The molecule has 2 atom stereocenters. The van der Waals surface area contributed by atoms with Crippen molar-refractivity contribution in [2.45, 2.75) is 38.5 Å². The van der Waals surface area contributed by atoms with Crippen LogP contribution in [0.5, 0.6) is 0 Å². The van der Waals surface area contributed by atoms with Crippen molar-refractivity contribution in [2.75, 3.05) is 25.2 Å². The van der Waals surface area contributed by atoms with Gasteiger partial charge in [0.2, 0.25) is 0 Å². The third-order valence-corrected chi connectivity index (χ3v) is 4.44. The number of hydrogen-bond donors (Lipinski definition) is 0. The topological polar surface area (TPSA) is 18.5 Å². The summed E-state index contributed by atoms with van der Waals surface area (Å²) in [5.74, 6) is 0. The first kappa shape index (κ1) is 15.2. The molecule has 0 saturated carbocycles. The molecular formula is C11H18BrF3O2. The normalized spacial score (nSPS) is 29.8. The van der Waals surface area contributed by atoms with Crippen molar-refractivity contribution in [2.24, 2.45) is 5.41 Å². The number of hydrogen-bond acceptors (Lipinski definition) is 2. The summed E-state index contributed by atoms with van der Waals surface area (Å²) in [5, 5.41) is 0.820. The molecule has 0 aromatic heterocycles. The van der Waals surface area contributed by atoms with Crippen LogP contribution in [0.15, 0.2) is 0 Å². The van der Waals surface area contributed by atoms with E-state index in [9.17, 15) is 13.2 Å². The molecule has 1 saturated heterocycles. The molecule has 1 heterocycles. The first-order valence-corrected chi connectivity index (χ1v) is 6.84. The lowest BCUT2D eigenvalue weighted by Gasteiger charge is -2.30. The molecule has 0 N–H and O–H groups in total. The molecule has 0 bridgehead atoms. The fourth-order valence-electron chi connectivity index (χ4n) is 2.10. The molecular weight excluding hydrogens is 301 g/mol. The lowest BCUT2D eigenvalue weighted by Crippen LogP contribution is -2.31. The predicted molar refractivity (Wildman–Crippen MR) is 62.4 cm³/mol. The number of alkyl halides is 4. The average Bonchev–Trinajstić information content (AvgIpc) is 2.59. The summed E-state index contributed by atoms with van der Waals surface area (Å²) in [4.78, 5) is 0. The van der Waals surface area contributed by atoms with Crippen LogP contribution in [0.1, 0.15) is 26.2 Å². The molecule has 1 aliphatic rings. The van der Waals surface area contributed by atoms with Gasteiger partial charge in [0.25, 0.3) is 0 Å². The van der Waals surface area contributed by atoms with E-state index in [-0.39, 0.29) is 18.1 Å². The van der Waals surface area contributed by atoms with E-state index in [4.69, 9.17) is 4.74 Å². The number of ether oxygens (including phenoxy) is 2. The lowest BCUT2D eigenvalue weighted by atomic mass is 9.80. The molecule has 0 spiro atoms. The van der Waals surface area contributed by atoms with E-state index in [0.29, 0.717) is 6.42 Å². The Labute approximate surface area is 108 Å². The Morgan fingerprint density at radius 1 is 1.47 bits per heavy atom. The fraction of sp³-hybridized carbons (Fsp3) is 1.00. The second-order valence-electron chi connectivity index (χ2n) is 4.53. The second-order valence-corrected chi connectivity index (χ2v) is 5.09. The molecule has 0 aliphatic carbocycles. The monoisotopic (exact) mass is 318 g/mol.